The Balaban J connectivity index is 1.83. The van der Waals surface area contributed by atoms with Crippen LogP contribution in [0.4, 0.5) is 4.79 Å². The lowest BCUT2D eigenvalue weighted by molar-refractivity contribution is 0.0691. The fourth-order valence-corrected chi connectivity index (χ4v) is 2.31. The minimum absolute atomic E-state index is 0.0148. The molecule has 0 bridgehead atoms. The number of urea groups is 1. The number of carboxylic acids is 1. The maximum atomic E-state index is 11.8. The Morgan fingerprint density at radius 3 is 2.86 bits per heavy atom. The molecule has 21 heavy (non-hydrogen) atoms. The van der Waals surface area contributed by atoms with Gasteiger partial charge in [0.15, 0.2) is 5.69 Å². The van der Waals surface area contributed by atoms with Crippen molar-refractivity contribution in [3.05, 3.63) is 46.2 Å². The lowest BCUT2D eigenvalue weighted by Crippen LogP contribution is -2.36. The number of hydrogen-bond donors (Lipinski definition) is 3. The molecule has 2 heterocycles. The summed E-state index contributed by atoms with van der Waals surface area (Å²) in [5, 5.41) is 16.1. The van der Waals surface area contributed by atoms with Crippen molar-refractivity contribution in [3.63, 3.8) is 0 Å². The fourth-order valence-electron chi connectivity index (χ4n) is 1.60. The highest BCUT2D eigenvalue weighted by atomic mass is 32.1. The van der Waals surface area contributed by atoms with Gasteiger partial charge in [-0.25, -0.2) is 14.6 Å². The lowest BCUT2D eigenvalue weighted by atomic mass is 10.2. The summed E-state index contributed by atoms with van der Waals surface area (Å²) in [6.45, 7) is 2.01. The van der Waals surface area contributed by atoms with Gasteiger partial charge in [-0.15, -0.1) is 11.3 Å². The number of carbonyl (C=O) groups excluding carboxylic acids is 1. The van der Waals surface area contributed by atoms with Crippen LogP contribution in [0.1, 0.15) is 34.2 Å². The van der Waals surface area contributed by atoms with E-state index in [0.717, 1.165) is 5.69 Å². The molecule has 0 saturated carbocycles. The van der Waals surface area contributed by atoms with Gasteiger partial charge >= 0.3 is 12.0 Å². The summed E-state index contributed by atoms with van der Waals surface area (Å²) >= 11 is 1.19. The first-order valence-electron chi connectivity index (χ1n) is 6.19. The van der Waals surface area contributed by atoms with Crippen molar-refractivity contribution in [1.82, 2.24) is 20.6 Å². The van der Waals surface area contributed by atoms with Gasteiger partial charge in [-0.05, 0) is 19.1 Å². The molecule has 2 aromatic heterocycles. The Kier molecular flexibility index (Phi) is 4.83. The van der Waals surface area contributed by atoms with Crippen molar-refractivity contribution in [1.29, 1.82) is 0 Å². The summed E-state index contributed by atoms with van der Waals surface area (Å²) in [6.07, 6.45) is 1.66. The molecular formula is C13H14N4O3S. The van der Waals surface area contributed by atoms with E-state index in [1.54, 1.807) is 12.3 Å². The second-order valence-corrected chi connectivity index (χ2v) is 5.18. The van der Waals surface area contributed by atoms with Crippen LogP contribution in [0.25, 0.3) is 0 Å². The summed E-state index contributed by atoms with van der Waals surface area (Å²) < 4.78 is 0. The normalized spacial score (nSPS) is 11.7. The molecule has 110 valence electrons. The van der Waals surface area contributed by atoms with Crippen molar-refractivity contribution >= 4 is 23.3 Å². The van der Waals surface area contributed by atoms with E-state index in [-0.39, 0.29) is 24.3 Å². The number of rotatable bonds is 5. The molecule has 7 nitrogen and oxygen atoms in total. The van der Waals surface area contributed by atoms with Gasteiger partial charge in [0.05, 0.1) is 18.3 Å². The van der Waals surface area contributed by atoms with Crippen LogP contribution < -0.4 is 10.6 Å². The predicted molar refractivity (Wildman–Crippen MR) is 77.1 cm³/mol. The van der Waals surface area contributed by atoms with Gasteiger partial charge in [0.2, 0.25) is 0 Å². The second kappa shape index (κ2) is 6.80. The van der Waals surface area contributed by atoms with Gasteiger partial charge in [0.1, 0.15) is 5.01 Å². The Hall–Kier alpha value is -2.48. The number of carboxylic acid groups (broad SMARTS) is 1. The third-order valence-corrected chi connectivity index (χ3v) is 3.50. The van der Waals surface area contributed by atoms with Gasteiger partial charge in [0, 0.05) is 11.6 Å². The average molecular weight is 306 g/mol. The van der Waals surface area contributed by atoms with E-state index in [1.165, 1.54) is 16.7 Å². The smallest absolute Gasteiger partial charge is 0.355 e. The van der Waals surface area contributed by atoms with E-state index in [9.17, 15) is 9.59 Å². The minimum Gasteiger partial charge on any atom is -0.476 e. The first kappa shape index (κ1) is 14.9. The molecule has 0 aromatic carbocycles. The third-order valence-electron chi connectivity index (χ3n) is 2.65. The molecule has 0 spiro atoms. The molecule has 3 N–H and O–H groups in total. The number of aromatic nitrogens is 2. The van der Waals surface area contributed by atoms with Crippen molar-refractivity contribution in [3.8, 4) is 0 Å². The Morgan fingerprint density at radius 1 is 1.43 bits per heavy atom. The van der Waals surface area contributed by atoms with Crippen LogP contribution in [-0.2, 0) is 6.54 Å². The first-order valence-corrected chi connectivity index (χ1v) is 7.07. The molecule has 0 aliphatic rings. The number of pyridine rings is 1. The van der Waals surface area contributed by atoms with E-state index in [0.29, 0.717) is 5.01 Å². The molecule has 0 aliphatic carbocycles. The third kappa shape index (κ3) is 4.25. The summed E-state index contributed by atoms with van der Waals surface area (Å²) in [5.41, 5.74) is 0.745. The number of carbonyl (C=O) groups is 2. The first-order chi connectivity index (χ1) is 10.1. The Morgan fingerprint density at radius 2 is 2.24 bits per heavy atom. The van der Waals surface area contributed by atoms with Crippen LogP contribution in [0.5, 0.6) is 0 Å². The molecule has 0 aliphatic heterocycles. The van der Waals surface area contributed by atoms with Crippen molar-refractivity contribution in [2.45, 2.75) is 19.5 Å². The molecule has 1 atom stereocenters. The number of aromatic carboxylic acids is 1. The zero-order valence-corrected chi connectivity index (χ0v) is 12.1. The molecule has 2 amide bonds. The number of nitrogens with one attached hydrogen (secondary N) is 2. The fraction of sp³-hybridized carbons (Fsp3) is 0.231. The lowest BCUT2D eigenvalue weighted by Gasteiger charge is -2.13. The predicted octanol–water partition coefficient (Wildman–Crippen LogP) is 1.80. The average Bonchev–Trinajstić information content (AvgIpc) is 2.95. The SMILES string of the molecule is CC(NC(=O)NCc1nc(C(=O)O)cs1)c1ccccn1. The minimum atomic E-state index is -1.08. The number of hydrogen-bond acceptors (Lipinski definition) is 5. The van der Waals surface area contributed by atoms with Crippen LogP contribution in [0, 0.1) is 0 Å². The Bertz CT molecular complexity index is 629. The van der Waals surface area contributed by atoms with Gasteiger partial charge in [-0.1, -0.05) is 6.07 Å². The molecule has 8 heteroatoms. The molecular weight excluding hydrogens is 292 g/mol. The van der Waals surface area contributed by atoms with E-state index < -0.39 is 5.97 Å². The van der Waals surface area contributed by atoms with Gasteiger partial charge in [-0.2, -0.15) is 0 Å². The van der Waals surface area contributed by atoms with Gasteiger partial charge < -0.3 is 15.7 Å². The molecule has 0 radical (unpaired) electrons. The van der Waals surface area contributed by atoms with E-state index >= 15 is 0 Å². The monoisotopic (exact) mass is 306 g/mol. The topological polar surface area (TPSA) is 104 Å². The maximum absolute atomic E-state index is 11.8. The number of thiazole rings is 1. The number of nitrogens with zero attached hydrogens (tertiary/aromatic N) is 2. The summed E-state index contributed by atoms with van der Waals surface area (Å²) in [6, 6.07) is 4.89. The standard InChI is InChI=1S/C13H14N4O3S/c1-8(9-4-2-3-5-14-9)16-13(20)15-6-11-17-10(7-21-11)12(18)19/h2-5,7-8H,6H2,1H3,(H,18,19)(H2,15,16,20). The van der Waals surface area contributed by atoms with Crippen LogP contribution in [0.15, 0.2) is 29.8 Å². The van der Waals surface area contributed by atoms with Crippen molar-refractivity contribution in [2.24, 2.45) is 0 Å². The van der Waals surface area contributed by atoms with Gasteiger partial charge in [0.25, 0.3) is 0 Å². The molecule has 2 rings (SSSR count). The quantitative estimate of drug-likeness (QED) is 0.781. The van der Waals surface area contributed by atoms with E-state index in [4.69, 9.17) is 5.11 Å². The highest BCUT2D eigenvalue weighted by Gasteiger charge is 2.12. The Labute approximate surface area is 125 Å². The van der Waals surface area contributed by atoms with E-state index in [1.807, 2.05) is 19.1 Å². The van der Waals surface area contributed by atoms with Crippen LogP contribution in [-0.4, -0.2) is 27.1 Å². The van der Waals surface area contributed by atoms with E-state index in [2.05, 4.69) is 20.6 Å². The zero-order chi connectivity index (χ0) is 15.2. The van der Waals surface area contributed by atoms with Crippen LogP contribution in [0.2, 0.25) is 0 Å². The summed E-state index contributed by atoms with van der Waals surface area (Å²) in [4.78, 5) is 30.5. The zero-order valence-electron chi connectivity index (χ0n) is 11.2. The van der Waals surface area contributed by atoms with Crippen LogP contribution in [0.3, 0.4) is 0 Å². The highest BCUT2D eigenvalue weighted by molar-refractivity contribution is 7.09. The number of amides is 2. The summed E-state index contributed by atoms with van der Waals surface area (Å²) in [5.74, 6) is -1.08. The molecule has 0 fully saturated rings. The molecule has 0 saturated heterocycles. The van der Waals surface area contributed by atoms with Crippen molar-refractivity contribution < 1.29 is 14.7 Å². The summed E-state index contributed by atoms with van der Waals surface area (Å²) in [7, 11) is 0. The maximum Gasteiger partial charge on any atom is 0.355 e. The second-order valence-electron chi connectivity index (χ2n) is 4.23. The van der Waals surface area contributed by atoms with Crippen LogP contribution >= 0.6 is 11.3 Å². The van der Waals surface area contributed by atoms with Gasteiger partial charge in [-0.3, -0.25) is 4.98 Å². The van der Waals surface area contributed by atoms with Crippen molar-refractivity contribution in [2.75, 3.05) is 0 Å². The molecule has 1 unspecified atom stereocenters. The highest BCUT2D eigenvalue weighted by Crippen LogP contribution is 2.10. The largest absolute Gasteiger partial charge is 0.476 e. The molecule has 2 aromatic rings.